The van der Waals surface area contributed by atoms with Gasteiger partial charge in [0.05, 0.1) is 11.3 Å². The number of nitrogens with zero attached hydrogens (tertiary/aromatic N) is 1. The normalized spacial score (nSPS) is 17.1. The van der Waals surface area contributed by atoms with Gasteiger partial charge in [0, 0.05) is 17.0 Å². The quantitative estimate of drug-likeness (QED) is 0.740. The lowest BCUT2D eigenvalue weighted by molar-refractivity contribution is -0.118. The Labute approximate surface area is 130 Å². The third kappa shape index (κ3) is 2.45. The number of para-hydroxylation sites is 1. The minimum Gasteiger partial charge on any atom is -0.433 e. The Morgan fingerprint density at radius 3 is 2.48 bits per heavy atom. The average Bonchev–Trinajstić information content (AvgIpc) is 2.47. The number of hydrogen-bond acceptors (Lipinski definition) is 3. The number of anilines is 1. The van der Waals surface area contributed by atoms with Gasteiger partial charge in [0.25, 0.3) is 0 Å². The summed E-state index contributed by atoms with van der Waals surface area (Å²) < 4.78 is 6.38. The molecule has 2 aromatic carbocycles. The molecule has 4 nitrogen and oxygen atoms in total. The van der Waals surface area contributed by atoms with Crippen LogP contribution in [0.15, 0.2) is 53.0 Å². The summed E-state index contributed by atoms with van der Waals surface area (Å²) in [6, 6.07) is 14.3. The van der Waals surface area contributed by atoms with Crippen LogP contribution < -0.4 is 4.90 Å². The largest absolute Gasteiger partial charge is 0.433 e. The van der Waals surface area contributed by atoms with Gasteiger partial charge >= 0.3 is 5.97 Å². The first-order valence-electron chi connectivity index (χ1n) is 6.43. The molecule has 0 bridgehead atoms. The van der Waals surface area contributed by atoms with Crippen LogP contribution in [0.5, 0.6) is 0 Å². The van der Waals surface area contributed by atoms with Crippen molar-refractivity contribution in [2.45, 2.75) is 13.2 Å². The number of benzene rings is 2. The molecule has 1 heterocycles. The summed E-state index contributed by atoms with van der Waals surface area (Å²) in [4.78, 5) is 25.7. The minimum atomic E-state index is -0.738. The van der Waals surface area contributed by atoms with Crippen molar-refractivity contribution in [1.82, 2.24) is 0 Å². The number of halogens is 1. The fourth-order valence-electron chi connectivity index (χ4n) is 2.38. The van der Waals surface area contributed by atoms with Gasteiger partial charge in [-0.1, -0.05) is 40.2 Å². The molecule has 1 atom stereocenters. The second-order valence-electron chi connectivity index (χ2n) is 4.72. The monoisotopic (exact) mass is 345 g/mol. The third-order valence-electron chi connectivity index (χ3n) is 3.33. The lowest BCUT2D eigenvalue weighted by Crippen LogP contribution is -2.40. The number of amides is 1. The highest BCUT2D eigenvalue weighted by Gasteiger charge is 2.35. The predicted molar refractivity (Wildman–Crippen MR) is 81.9 cm³/mol. The Morgan fingerprint density at radius 1 is 1.14 bits per heavy atom. The van der Waals surface area contributed by atoms with Gasteiger partial charge in [-0.25, -0.2) is 4.79 Å². The van der Waals surface area contributed by atoms with Gasteiger partial charge in [0.2, 0.25) is 12.1 Å². The molecule has 0 radical (unpaired) electrons. The molecule has 21 heavy (non-hydrogen) atoms. The number of ether oxygens (including phenoxy) is 1. The molecule has 0 spiro atoms. The molecule has 0 aliphatic carbocycles. The zero-order valence-electron chi connectivity index (χ0n) is 11.2. The highest BCUT2D eigenvalue weighted by atomic mass is 79.9. The lowest BCUT2D eigenvalue weighted by Gasteiger charge is -2.35. The van der Waals surface area contributed by atoms with E-state index in [1.807, 2.05) is 24.3 Å². The van der Waals surface area contributed by atoms with E-state index >= 15 is 0 Å². The number of cyclic esters (lactones) is 1. The van der Waals surface area contributed by atoms with Gasteiger partial charge in [-0.05, 0) is 24.3 Å². The summed E-state index contributed by atoms with van der Waals surface area (Å²) in [5, 5.41) is 0. The van der Waals surface area contributed by atoms with E-state index < -0.39 is 12.2 Å². The molecule has 0 unspecified atom stereocenters. The van der Waals surface area contributed by atoms with Crippen molar-refractivity contribution < 1.29 is 14.3 Å². The summed E-state index contributed by atoms with van der Waals surface area (Å²) in [6.07, 6.45) is -0.738. The van der Waals surface area contributed by atoms with Crippen LogP contribution in [-0.4, -0.2) is 11.9 Å². The Kier molecular flexibility index (Phi) is 3.51. The van der Waals surface area contributed by atoms with E-state index in [9.17, 15) is 9.59 Å². The first-order chi connectivity index (χ1) is 10.1. The number of carbonyl (C=O) groups is 2. The summed E-state index contributed by atoms with van der Waals surface area (Å²) in [7, 11) is 0. The number of esters is 1. The highest BCUT2D eigenvalue weighted by molar-refractivity contribution is 9.10. The molecule has 0 saturated carbocycles. The maximum atomic E-state index is 12.1. The summed E-state index contributed by atoms with van der Waals surface area (Å²) in [5.41, 5.74) is 1.73. The molecule has 5 heteroatoms. The van der Waals surface area contributed by atoms with E-state index in [1.165, 1.54) is 11.8 Å². The molecule has 0 saturated heterocycles. The molecule has 2 aromatic rings. The molecule has 0 fully saturated rings. The number of fused-ring (bicyclic) bond motifs is 1. The van der Waals surface area contributed by atoms with Gasteiger partial charge in [0.1, 0.15) is 0 Å². The van der Waals surface area contributed by atoms with Crippen LogP contribution in [0.3, 0.4) is 0 Å². The Balaban J connectivity index is 2.11. The maximum Gasteiger partial charge on any atom is 0.342 e. The molecule has 1 amide bonds. The predicted octanol–water partition coefficient (Wildman–Crippen LogP) is 3.67. The average molecular weight is 346 g/mol. The SMILES string of the molecule is CC(=O)N1c2ccccc2C(=O)O[C@@H]1c1ccc(Br)cc1. The van der Waals surface area contributed by atoms with Crippen molar-refractivity contribution in [3.8, 4) is 0 Å². The number of hydrogen-bond donors (Lipinski definition) is 0. The molecular formula is C16H12BrNO3. The van der Waals surface area contributed by atoms with Crippen molar-refractivity contribution in [3.05, 3.63) is 64.1 Å². The highest BCUT2D eigenvalue weighted by Crippen LogP contribution is 2.36. The van der Waals surface area contributed by atoms with E-state index in [4.69, 9.17) is 4.74 Å². The van der Waals surface area contributed by atoms with Crippen LogP contribution >= 0.6 is 15.9 Å². The van der Waals surface area contributed by atoms with E-state index in [1.54, 1.807) is 24.3 Å². The smallest absolute Gasteiger partial charge is 0.342 e. The third-order valence-corrected chi connectivity index (χ3v) is 3.86. The fraction of sp³-hybridized carbons (Fsp3) is 0.125. The molecule has 3 rings (SSSR count). The van der Waals surface area contributed by atoms with Crippen LogP contribution in [0.25, 0.3) is 0 Å². The van der Waals surface area contributed by atoms with Crippen molar-refractivity contribution in [2.24, 2.45) is 0 Å². The molecule has 106 valence electrons. The van der Waals surface area contributed by atoms with Gasteiger partial charge in [-0.15, -0.1) is 0 Å². The van der Waals surface area contributed by atoms with Crippen LogP contribution in [-0.2, 0) is 9.53 Å². The molecule has 0 N–H and O–H groups in total. The van der Waals surface area contributed by atoms with Crippen LogP contribution in [0.1, 0.15) is 29.1 Å². The number of carbonyl (C=O) groups excluding carboxylic acids is 2. The van der Waals surface area contributed by atoms with Gasteiger partial charge in [-0.2, -0.15) is 0 Å². The van der Waals surface area contributed by atoms with Gasteiger partial charge in [0.15, 0.2) is 0 Å². The molecule has 1 aliphatic rings. The van der Waals surface area contributed by atoms with Gasteiger partial charge < -0.3 is 4.74 Å². The Morgan fingerprint density at radius 2 is 1.81 bits per heavy atom. The molecule has 0 aromatic heterocycles. The standard InChI is InChI=1S/C16H12BrNO3/c1-10(19)18-14-5-3-2-4-13(14)16(20)21-15(18)11-6-8-12(17)9-7-11/h2-9,15H,1H3/t15-/m1/s1. The first kappa shape index (κ1) is 13.8. The number of rotatable bonds is 1. The van der Waals surface area contributed by atoms with Crippen molar-refractivity contribution in [2.75, 3.05) is 4.90 Å². The first-order valence-corrected chi connectivity index (χ1v) is 7.22. The summed E-state index contributed by atoms with van der Waals surface area (Å²) >= 11 is 3.36. The maximum absolute atomic E-state index is 12.1. The van der Waals surface area contributed by atoms with E-state index in [0.717, 1.165) is 10.0 Å². The zero-order chi connectivity index (χ0) is 15.0. The fourth-order valence-corrected chi connectivity index (χ4v) is 2.64. The molecule has 1 aliphatic heterocycles. The van der Waals surface area contributed by atoms with E-state index in [0.29, 0.717) is 11.3 Å². The topological polar surface area (TPSA) is 46.6 Å². The second-order valence-corrected chi connectivity index (χ2v) is 5.63. The van der Waals surface area contributed by atoms with Crippen LogP contribution in [0.2, 0.25) is 0 Å². The Bertz CT molecular complexity index is 712. The van der Waals surface area contributed by atoms with Gasteiger partial charge in [-0.3, -0.25) is 9.69 Å². The lowest BCUT2D eigenvalue weighted by atomic mass is 10.1. The Hall–Kier alpha value is -2.14. The van der Waals surface area contributed by atoms with Crippen molar-refractivity contribution >= 4 is 33.5 Å². The summed E-state index contributed by atoms with van der Waals surface area (Å²) in [6.45, 7) is 1.46. The van der Waals surface area contributed by atoms with E-state index in [2.05, 4.69) is 15.9 Å². The van der Waals surface area contributed by atoms with Crippen LogP contribution in [0, 0.1) is 0 Å². The second kappa shape index (κ2) is 5.33. The van der Waals surface area contributed by atoms with Crippen molar-refractivity contribution in [1.29, 1.82) is 0 Å². The molecular weight excluding hydrogens is 334 g/mol. The summed E-state index contributed by atoms with van der Waals surface area (Å²) in [5.74, 6) is -0.598. The van der Waals surface area contributed by atoms with Crippen LogP contribution in [0.4, 0.5) is 5.69 Å². The zero-order valence-corrected chi connectivity index (χ0v) is 12.8. The van der Waals surface area contributed by atoms with Crippen molar-refractivity contribution in [3.63, 3.8) is 0 Å². The van der Waals surface area contributed by atoms with E-state index in [-0.39, 0.29) is 5.91 Å². The minimum absolute atomic E-state index is 0.178.